The summed E-state index contributed by atoms with van der Waals surface area (Å²) in [6.07, 6.45) is 7.44. The minimum atomic E-state index is -0.550. The number of hydrogen-bond acceptors (Lipinski definition) is 6. The molecule has 0 radical (unpaired) electrons. The Balaban J connectivity index is 1.92. The summed E-state index contributed by atoms with van der Waals surface area (Å²) >= 11 is 6.22. The number of halogens is 1. The first-order chi connectivity index (χ1) is 15.5. The SMILES string of the molecule is CCOC(CO)c1nc2cc(C#N)nc(-c3cncc(Cl)c3)c2n1C[C@H]1CC[C@H](C)CC1. The summed E-state index contributed by atoms with van der Waals surface area (Å²) in [6.45, 7) is 5.25. The van der Waals surface area contributed by atoms with Gasteiger partial charge in [0, 0.05) is 37.2 Å². The van der Waals surface area contributed by atoms with Crippen LogP contribution >= 0.6 is 11.6 Å². The van der Waals surface area contributed by atoms with Crippen molar-refractivity contribution in [2.75, 3.05) is 13.2 Å². The molecule has 0 bridgehead atoms. The summed E-state index contributed by atoms with van der Waals surface area (Å²) in [7, 11) is 0. The van der Waals surface area contributed by atoms with Crippen LogP contribution in [0, 0.1) is 23.2 Å². The Bertz CT molecular complexity index is 1130. The molecule has 3 aromatic heterocycles. The minimum absolute atomic E-state index is 0.175. The summed E-state index contributed by atoms with van der Waals surface area (Å²) in [6, 6.07) is 5.62. The highest BCUT2D eigenvalue weighted by Gasteiger charge is 2.27. The molecule has 0 aliphatic heterocycles. The van der Waals surface area contributed by atoms with E-state index in [0.29, 0.717) is 34.6 Å². The topological polar surface area (TPSA) is 96.8 Å². The van der Waals surface area contributed by atoms with Gasteiger partial charge in [-0.1, -0.05) is 31.4 Å². The van der Waals surface area contributed by atoms with Gasteiger partial charge >= 0.3 is 0 Å². The molecular formula is C24H28ClN5O2. The van der Waals surface area contributed by atoms with E-state index in [1.165, 1.54) is 12.8 Å². The van der Waals surface area contributed by atoms with Crippen molar-refractivity contribution in [2.45, 2.75) is 52.2 Å². The van der Waals surface area contributed by atoms with Gasteiger partial charge in [-0.15, -0.1) is 0 Å². The van der Waals surface area contributed by atoms with E-state index < -0.39 is 6.10 Å². The predicted octanol–water partition coefficient (Wildman–Crippen LogP) is 4.91. The quantitative estimate of drug-likeness (QED) is 0.545. The average molecular weight is 454 g/mol. The minimum Gasteiger partial charge on any atom is -0.393 e. The van der Waals surface area contributed by atoms with Crippen molar-refractivity contribution in [3.63, 3.8) is 0 Å². The fraction of sp³-hybridized carbons (Fsp3) is 0.500. The lowest BCUT2D eigenvalue weighted by molar-refractivity contribution is 0.0109. The molecule has 0 amide bonds. The van der Waals surface area contributed by atoms with Gasteiger partial charge in [0.05, 0.1) is 28.4 Å². The van der Waals surface area contributed by atoms with Crippen molar-refractivity contribution in [1.82, 2.24) is 19.5 Å². The zero-order chi connectivity index (χ0) is 22.7. The third-order valence-corrected chi connectivity index (χ3v) is 6.45. The Morgan fingerprint density at radius 3 is 2.69 bits per heavy atom. The van der Waals surface area contributed by atoms with Crippen LogP contribution in [0.4, 0.5) is 0 Å². The second kappa shape index (κ2) is 9.95. The van der Waals surface area contributed by atoms with Crippen LogP contribution in [0.15, 0.2) is 24.5 Å². The summed E-state index contributed by atoms with van der Waals surface area (Å²) in [5, 5.41) is 20.1. The molecule has 0 aromatic carbocycles. The Morgan fingerprint density at radius 2 is 2.03 bits per heavy atom. The van der Waals surface area contributed by atoms with Gasteiger partial charge in [0.25, 0.3) is 0 Å². The van der Waals surface area contributed by atoms with Crippen LogP contribution in [-0.4, -0.2) is 37.8 Å². The molecule has 1 saturated carbocycles. The zero-order valence-electron chi connectivity index (χ0n) is 18.5. The number of pyridine rings is 2. The van der Waals surface area contributed by atoms with Gasteiger partial charge in [-0.25, -0.2) is 9.97 Å². The van der Waals surface area contributed by atoms with Crippen molar-refractivity contribution < 1.29 is 9.84 Å². The van der Waals surface area contributed by atoms with Crippen molar-refractivity contribution in [2.24, 2.45) is 11.8 Å². The zero-order valence-corrected chi connectivity index (χ0v) is 19.2. The van der Waals surface area contributed by atoms with E-state index in [1.54, 1.807) is 24.5 Å². The first-order valence-corrected chi connectivity index (χ1v) is 11.6. The second-order valence-electron chi connectivity index (χ2n) is 8.56. The molecule has 1 atom stereocenters. The molecule has 1 unspecified atom stereocenters. The van der Waals surface area contributed by atoms with Crippen molar-refractivity contribution in [3.05, 3.63) is 41.1 Å². The molecule has 168 valence electrons. The lowest BCUT2D eigenvalue weighted by Gasteiger charge is -2.28. The first kappa shape index (κ1) is 22.7. The first-order valence-electron chi connectivity index (χ1n) is 11.2. The molecule has 0 saturated heterocycles. The number of hydrogen-bond donors (Lipinski definition) is 1. The number of aromatic nitrogens is 4. The predicted molar refractivity (Wildman–Crippen MR) is 123 cm³/mol. The highest BCUT2D eigenvalue weighted by molar-refractivity contribution is 6.30. The van der Waals surface area contributed by atoms with E-state index in [0.717, 1.165) is 36.4 Å². The molecule has 3 aromatic rings. The van der Waals surface area contributed by atoms with Crippen LogP contribution in [0.2, 0.25) is 5.02 Å². The Labute approximate surface area is 193 Å². The van der Waals surface area contributed by atoms with Gasteiger partial charge in [-0.3, -0.25) is 4.98 Å². The smallest absolute Gasteiger partial charge is 0.143 e. The van der Waals surface area contributed by atoms with Crippen LogP contribution in [0.1, 0.15) is 57.2 Å². The molecule has 1 aliphatic carbocycles. The molecule has 8 heteroatoms. The normalized spacial score (nSPS) is 19.7. The Morgan fingerprint density at radius 1 is 1.25 bits per heavy atom. The molecule has 7 nitrogen and oxygen atoms in total. The number of imidazole rings is 1. The molecular weight excluding hydrogens is 426 g/mol. The summed E-state index contributed by atoms with van der Waals surface area (Å²) in [5.74, 6) is 1.92. The molecule has 1 fully saturated rings. The monoisotopic (exact) mass is 453 g/mol. The maximum atomic E-state index is 10.1. The number of fused-ring (bicyclic) bond motifs is 1. The summed E-state index contributed by atoms with van der Waals surface area (Å²) in [5.41, 5.74) is 3.09. The Kier molecular flexibility index (Phi) is 7.04. The lowest BCUT2D eigenvalue weighted by atomic mass is 9.83. The van der Waals surface area contributed by atoms with Crippen LogP contribution in [-0.2, 0) is 11.3 Å². The van der Waals surface area contributed by atoms with Crippen LogP contribution in [0.5, 0.6) is 0 Å². The van der Waals surface area contributed by atoms with E-state index in [2.05, 4.69) is 27.5 Å². The van der Waals surface area contributed by atoms with Gasteiger partial charge in [0.2, 0.25) is 0 Å². The number of aliphatic hydroxyl groups is 1. The van der Waals surface area contributed by atoms with Gasteiger partial charge in [-0.2, -0.15) is 5.26 Å². The molecule has 4 rings (SSSR count). The van der Waals surface area contributed by atoms with E-state index in [1.807, 2.05) is 6.92 Å². The Hall–Kier alpha value is -2.53. The molecule has 0 spiro atoms. The third kappa shape index (κ3) is 4.63. The standard InChI is InChI=1S/C24H28ClN5O2/c1-3-32-21(14-31)24-29-20-9-19(10-26)28-22(17-8-18(25)12-27-11-17)23(20)30(24)13-16-6-4-15(2)5-7-16/h8-9,11-12,15-16,21,31H,3-7,13-14H2,1-2H3/t15-,16-,21?. The van der Waals surface area contributed by atoms with E-state index in [4.69, 9.17) is 21.3 Å². The van der Waals surface area contributed by atoms with Crippen molar-refractivity contribution in [1.29, 1.82) is 5.26 Å². The van der Waals surface area contributed by atoms with E-state index in [9.17, 15) is 10.4 Å². The lowest BCUT2D eigenvalue weighted by Crippen LogP contribution is -2.22. The molecule has 32 heavy (non-hydrogen) atoms. The molecule has 1 aliphatic rings. The van der Waals surface area contributed by atoms with Gasteiger partial charge in [0.1, 0.15) is 23.7 Å². The summed E-state index contributed by atoms with van der Waals surface area (Å²) in [4.78, 5) is 13.7. The largest absolute Gasteiger partial charge is 0.393 e. The average Bonchev–Trinajstić information content (AvgIpc) is 3.16. The number of nitrogens with zero attached hydrogens (tertiary/aromatic N) is 5. The second-order valence-corrected chi connectivity index (χ2v) is 9.00. The highest BCUT2D eigenvalue weighted by Crippen LogP contribution is 2.35. The molecule has 1 N–H and O–H groups in total. The number of rotatable bonds is 7. The number of nitriles is 1. The van der Waals surface area contributed by atoms with Gasteiger partial charge in [0.15, 0.2) is 0 Å². The van der Waals surface area contributed by atoms with E-state index >= 15 is 0 Å². The summed E-state index contributed by atoms with van der Waals surface area (Å²) < 4.78 is 7.96. The number of aliphatic hydroxyl groups excluding tert-OH is 1. The van der Waals surface area contributed by atoms with Crippen molar-refractivity contribution >= 4 is 22.6 Å². The third-order valence-electron chi connectivity index (χ3n) is 6.24. The maximum absolute atomic E-state index is 10.1. The number of ether oxygens (including phenoxy) is 1. The fourth-order valence-corrected chi connectivity index (χ4v) is 4.76. The van der Waals surface area contributed by atoms with Crippen LogP contribution in [0.3, 0.4) is 0 Å². The van der Waals surface area contributed by atoms with Crippen LogP contribution < -0.4 is 0 Å². The van der Waals surface area contributed by atoms with E-state index in [-0.39, 0.29) is 12.3 Å². The fourth-order valence-electron chi connectivity index (χ4n) is 4.58. The van der Waals surface area contributed by atoms with Crippen LogP contribution in [0.25, 0.3) is 22.3 Å². The maximum Gasteiger partial charge on any atom is 0.143 e. The van der Waals surface area contributed by atoms with Gasteiger partial charge in [-0.05, 0) is 37.7 Å². The van der Waals surface area contributed by atoms with Gasteiger partial charge < -0.3 is 14.4 Å². The molecule has 3 heterocycles. The van der Waals surface area contributed by atoms with Crippen molar-refractivity contribution in [3.8, 4) is 17.3 Å². The highest BCUT2D eigenvalue weighted by atomic mass is 35.5.